The number of ether oxygens (including phenoxy) is 2. The van der Waals surface area contributed by atoms with E-state index in [0.29, 0.717) is 22.1 Å². The normalized spacial score (nSPS) is 13.2. The Kier molecular flexibility index (Phi) is 7.40. The van der Waals surface area contributed by atoms with E-state index in [1.54, 1.807) is 42.5 Å². The van der Waals surface area contributed by atoms with Crippen molar-refractivity contribution in [2.24, 2.45) is 0 Å². The minimum atomic E-state index is -0.723. The van der Waals surface area contributed by atoms with E-state index in [4.69, 9.17) is 44.3 Å². The zero-order chi connectivity index (χ0) is 26.0. The molecule has 3 aromatic carbocycles. The van der Waals surface area contributed by atoms with Crippen LogP contribution in [0.4, 0.5) is 17.1 Å². The van der Waals surface area contributed by atoms with Gasteiger partial charge in [0.25, 0.3) is 17.7 Å². The van der Waals surface area contributed by atoms with Crippen molar-refractivity contribution in [3.8, 4) is 11.5 Å². The third-order valence-electron chi connectivity index (χ3n) is 5.23. The largest absolute Gasteiger partial charge is 0.497 e. The molecule has 36 heavy (non-hydrogen) atoms. The topological polar surface area (TPSA) is 97.0 Å². The van der Waals surface area contributed by atoms with E-state index in [9.17, 15) is 14.4 Å². The molecule has 1 heterocycles. The summed E-state index contributed by atoms with van der Waals surface area (Å²) in [5.41, 5.74) is 1.08. The fraction of sp³-hybridized carbons (Fsp3) is 0.0800. The molecule has 4 rings (SSSR count). The number of carbonyl (C=O) groups excluding carboxylic acids is 3. The van der Waals surface area contributed by atoms with Crippen molar-refractivity contribution in [1.82, 2.24) is 0 Å². The summed E-state index contributed by atoms with van der Waals surface area (Å²) < 4.78 is 10.5. The maximum atomic E-state index is 13.2. The van der Waals surface area contributed by atoms with Crippen LogP contribution in [0, 0.1) is 0 Å². The lowest BCUT2D eigenvalue weighted by Gasteiger charge is -2.18. The number of benzene rings is 3. The smallest absolute Gasteiger partial charge is 0.283 e. The van der Waals surface area contributed by atoms with Crippen LogP contribution in [0.2, 0.25) is 10.0 Å². The van der Waals surface area contributed by atoms with E-state index in [0.717, 1.165) is 4.90 Å². The molecular weight excluding hydrogens is 529 g/mol. The first-order valence-corrected chi connectivity index (χ1v) is 11.5. The second-order valence-corrected chi connectivity index (χ2v) is 8.68. The van der Waals surface area contributed by atoms with Gasteiger partial charge in [-0.3, -0.25) is 14.4 Å². The van der Waals surface area contributed by atoms with E-state index in [2.05, 4.69) is 10.6 Å². The average molecular weight is 547 g/mol. The minimum absolute atomic E-state index is 0.141. The first kappa shape index (κ1) is 25.4. The Balaban J connectivity index is 1.56. The van der Waals surface area contributed by atoms with Crippen LogP contribution in [-0.2, 0) is 9.59 Å². The summed E-state index contributed by atoms with van der Waals surface area (Å²) in [5.74, 6) is -1.11. The molecule has 184 valence electrons. The van der Waals surface area contributed by atoms with Crippen molar-refractivity contribution in [2.75, 3.05) is 29.8 Å². The van der Waals surface area contributed by atoms with Gasteiger partial charge in [-0.15, -0.1) is 0 Å². The summed E-state index contributed by atoms with van der Waals surface area (Å²) in [5, 5.41) is 5.97. The van der Waals surface area contributed by atoms with Crippen molar-refractivity contribution >= 4 is 69.6 Å². The number of nitrogens with one attached hydrogen (secondary N) is 2. The van der Waals surface area contributed by atoms with Crippen molar-refractivity contribution in [2.45, 2.75) is 0 Å². The molecular formula is C25H18Cl3N3O5. The van der Waals surface area contributed by atoms with Crippen LogP contribution >= 0.6 is 34.8 Å². The van der Waals surface area contributed by atoms with Crippen LogP contribution in [0.15, 0.2) is 71.4 Å². The lowest BCUT2D eigenvalue weighted by Crippen LogP contribution is -2.32. The van der Waals surface area contributed by atoms with Gasteiger partial charge >= 0.3 is 0 Å². The maximum absolute atomic E-state index is 13.2. The van der Waals surface area contributed by atoms with E-state index in [1.807, 2.05) is 0 Å². The van der Waals surface area contributed by atoms with E-state index in [1.165, 1.54) is 32.4 Å². The summed E-state index contributed by atoms with van der Waals surface area (Å²) in [7, 11) is 2.89. The van der Waals surface area contributed by atoms with Crippen molar-refractivity contribution < 1.29 is 23.9 Å². The number of carbonyl (C=O) groups is 3. The molecule has 0 aliphatic carbocycles. The van der Waals surface area contributed by atoms with Gasteiger partial charge in [0, 0.05) is 22.3 Å². The molecule has 3 aromatic rings. The van der Waals surface area contributed by atoms with Crippen LogP contribution in [0.3, 0.4) is 0 Å². The van der Waals surface area contributed by atoms with Gasteiger partial charge in [-0.25, -0.2) is 4.90 Å². The van der Waals surface area contributed by atoms with Crippen LogP contribution in [-0.4, -0.2) is 31.9 Å². The second kappa shape index (κ2) is 10.5. The van der Waals surface area contributed by atoms with Gasteiger partial charge in [-0.2, -0.15) is 0 Å². The van der Waals surface area contributed by atoms with Gasteiger partial charge in [0.2, 0.25) is 0 Å². The third kappa shape index (κ3) is 4.97. The Bertz CT molecular complexity index is 1420. The molecule has 2 N–H and O–H groups in total. The molecule has 8 nitrogen and oxygen atoms in total. The molecule has 0 atom stereocenters. The van der Waals surface area contributed by atoms with Gasteiger partial charge in [-0.05, 0) is 48.5 Å². The van der Waals surface area contributed by atoms with E-state index < -0.39 is 17.7 Å². The first-order valence-electron chi connectivity index (χ1n) is 10.4. The number of amides is 3. The highest BCUT2D eigenvalue weighted by Gasteiger charge is 2.40. The molecule has 0 unspecified atom stereocenters. The molecule has 0 saturated carbocycles. The van der Waals surface area contributed by atoms with Crippen molar-refractivity contribution in [3.05, 3.63) is 87.0 Å². The summed E-state index contributed by atoms with van der Waals surface area (Å²) >= 11 is 18.3. The Hall–Kier alpha value is -3.72. The van der Waals surface area contributed by atoms with E-state index >= 15 is 0 Å². The Morgan fingerprint density at radius 2 is 1.67 bits per heavy atom. The highest BCUT2D eigenvalue weighted by atomic mass is 35.5. The predicted octanol–water partition coefficient (Wildman–Crippen LogP) is 5.70. The summed E-state index contributed by atoms with van der Waals surface area (Å²) in [4.78, 5) is 39.7. The number of anilines is 3. The fourth-order valence-corrected chi connectivity index (χ4v) is 4.14. The van der Waals surface area contributed by atoms with Crippen LogP contribution in [0.1, 0.15) is 10.4 Å². The second-order valence-electron chi connectivity index (χ2n) is 7.46. The zero-order valence-corrected chi connectivity index (χ0v) is 21.2. The number of halogens is 3. The van der Waals surface area contributed by atoms with Crippen LogP contribution in [0.25, 0.3) is 0 Å². The Labute approximate surface area is 221 Å². The number of nitrogens with zero attached hydrogens (tertiary/aromatic N) is 1. The quantitative estimate of drug-likeness (QED) is 0.369. The summed E-state index contributed by atoms with van der Waals surface area (Å²) in [6.45, 7) is 0. The molecule has 0 radical (unpaired) electrons. The molecule has 0 spiro atoms. The number of methoxy groups -OCH3 is 2. The summed E-state index contributed by atoms with van der Waals surface area (Å²) in [6.07, 6.45) is 0. The van der Waals surface area contributed by atoms with Gasteiger partial charge in [0.05, 0.1) is 30.6 Å². The highest BCUT2D eigenvalue weighted by Crippen LogP contribution is 2.37. The molecule has 1 aliphatic rings. The van der Waals surface area contributed by atoms with Gasteiger partial charge in [0.1, 0.15) is 22.2 Å². The molecule has 0 fully saturated rings. The minimum Gasteiger partial charge on any atom is -0.497 e. The predicted molar refractivity (Wildman–Crippen MR) is 139 cm³/mol. The van der Waals surface area contributed by atoms with Crippen molar-refractivity contribution in [3.63, 3.8) is 0 Å². The molecule has 11 heteroatoms. The number of rotatable bonds is 7. The third-order valence-corrected chi connectivity index (χ3v) is 6.13. The zero-order valence-electron chi connectivity index (χ0n) is 18.9. The standard InChI is InChI=1S/C25H18Cl3N3O5/c1-35-16-7-9-19(20(12-16)36-2)31-24(33)21(28)22(25(31)34)29-15-5-3-4-13(10-15)23(32)30-18-8-6-14(26)11-17(18)27/h3-12,29H,1-2H3,(H,30,32). The maximum Gasteiger partial charge on any atom is 0.283 e. The van der Waals surface area contributed by atoms with Gasteiger partial charge in [0.15, 0.2) is 0 Å². The summed E-state index contributed by atoms with van der Waals surface area (Å²) in [6, 6.07) is 15.7. The van der Waals surface area contributed by atoms with Gasteiger partial charge in [-0.1, -0.05) is 40.9 Å². The Morgan fingerprint density at radius 3 is 2.36 bits per heavy atom. The molecule has 0 bridgehead atoms. The van der Waals surface area contributed by atoms with Crippen LogP contribution in [0.5, 0.6) is 11.5 Å². The van der Waals surface area contributed by atoms with Crippen molar-refractivity contribution in [1.29, 1.82) is 0 Å². The lowest BCUT2D eigenvalue weighted by atomic mass is 10.1. The fourth-order valence-electron chi connectivity index (χ4n) is 3.47. The average Bonchev–Trinajstić information content (AvgIpc) is 3.08. The Morgan fingerprint density at radius 1 is 0.889 bits per heavy atom. The molecule has 1 aliphatic heterocycles. The lowest BCUT2D eigenvalue weighted by molar-refractivity contribution is -0.120. The number of hydrogen-bond acceptors (Lipinski definition) is 6. The molecule has 3 amide bonds. The number of imide groups is 1. The first-order chi connectivity index (χ1) is 17.2. The highest BCUT2D eigenvalue weighted by molar-refractivity contribution is 6.53. The monoisotopic (exact) mass is 545 g/mol. The number of hydrogen-bond donors (Lipinski definition) is 2. The van der Waals surface area contributed by atoms with Gasteiger partial charge < -0.3 is 20.1 Å². The van der Waals surface area contributed by atoms with Crippen LogP contribution < -0.4 is 25.0 Å². The van der Waals surface area contributed by atoms with E-state index in [-0.39, 0.29) is 32.8 Å². The SMILES string of the molecule is COc1ccc(N2C(=O)C(Cl)=C(Nc3cccc(C(=O)Nc4ccc(Cl)cc4Cl)c3)C2=O)c(OC)c1. The molecule has 0 aromatic heterocycles. The molecule has 0 saturated heterocycles.